The molecule has 3 aliphatic heterocycles. The largest absolute Gasteiger partial charge is 0.513 e. The molecular weight excluding hydrogens is 785 g/mol. The van der Waals surface area contributed by atoms with E-state index in [0.29, 0.717) is 16.9 Å². The lowest BCUT2D eigenvalue weighted by molar-refractivity contribution is -0.181. The van der Waals surface area contributed by atoms with Crippen molar-refractivity contribution in [3.63, 3.8) is 0 Å². The first kappa shape index (κ1) is 42.8. The first-order valence-corrected chi connectivity index (χ1v) is 19.0. The second-order valence-electron chi connectivity index (χ2n) is 13.3. The predicted octanol–water partition coefficient (Wildman–Crippen LogP) is 1.56. The predicted molar refractivity (Wildman–Crippen MR) is 199 cm³/mol. The number of benzene rings is 2. The van der Waals surface area contributed by atoms with Crippen molar-refractivity contribution in [2.24, 2.45) is 0 Å². The number of nitrogens with one attached hydrogen (secondary N) is 3. The van der Waals surface area contributed by atoms with Crippen LogP contribution in [-0.2, 0) is 49.6 Å². The van der Waals surface area contributed by atoms with Crippen LogP contribution < -0.4 is 25.4 Å². The SMILES string of the molecule is CCOC(=O)Oc1ccc(C(NC(=O)N2CCN(CC)C(=O)C2=O)C(=O)N[C@@]2(C(=O)OCc3ccccc3)N3C(=O)[C@@H](NC=O)[C@H]3SC2(C)C)cc1OC(=O)OCC. The van der Waals surface area contributed by atoms with Crippen molar-refractivity contribution in [3.8, 4) is 11.5 Å². The molecule has 1 unspecified atom stereocenters. The van der Waals surface area contributed by atoms with Crippen LogP contribution in [0.5, 0.6) is 11.5 Å². The normalized spacial score (nSPS) is 21.1. The third-order valence-electron chi connectivity index (χ3n) is 9.43. The van der Waals surface area contributed by atoms with Gasteiger partial charge in [-0.2, -0.15) is 0 Å². The Hall–Kier alpha value is -6.38. The molecule has 21 heteroatoms. The van der Waals surface area contributed by atoms with E-state index in [1.807, 2.05) is 0 Å². The summed E-state index contributed by atoms with van der Waals surface area (Å²) in [5.41, 5.74) is -1.87. The number of ether oxygens (including phenoxy) is 5. The third kappa shape index (κ3) is 8.34. The van der Waals surface area contributed by atoms with Crippen LogP contribution in [0.2, 0.25) is 0 Å². The highest BCUT2D eigenvalue weighted by Crippen LogP contribution is 2.56. The van der Waals surface area contributed by atoms with Crippen molar-refractivity contribution in [1.29, 1.82) is 0 Å². The molecule has 0 aliphatic carbocycles. The summed E-state index contributed by atoms with van der Waals surface area (Å²) in [6.07, 6.45) is -2.07. The number of imide groups is 1. The minimum Gasteiger partial charge on any atom is -0.458 e. The molecule has 58 heavy (non-hydrogen) atoms. The number of hydrogen-bond acceptors (Lipinski definition) is 15. The fourth-order valence-corrected chi connectivity index (χ4v) is 8.25. The van der Waals surface area contributed by atoms with Crippen LogP contribution in [0.25, 0.3) is 0 Å². The van der Waals surface area contributed by atoms with Crippen molar-refractivity contribution in [2.75, 3.05) is 32.8 Å². The summed E-state index contributed by atoms with van der Waals surface area (Å²) in [6.45, 7) is 7.34. The molecule has 3 N–H and O–H groups in total. The van der Waals surface area contributed by atoms with Crippen molar-refractivity contribution < 1.29 is 66.8 Å². The number of β-lactam (4-membered cyclic amide) rings is 1. The van der Waals surface area contributed by atoms with Gasteiger partial charge in [-0.05, 0) is 57.9 Å². The van der Waals surface area contributed by atoms with E-state index in [1.165, 1.54) is 24.8 Å². The number of thioether (sulfide) groups is 1. The van der Waals surface area contributed by atoms with Crippen LogP contribution in [0, 0.1) is 0 Å². The van der Waals surface area contributed by atoms with Gasteiger partial charge in [0.15, 0.2) is 11.5 Å². The van der Waals surface area contributed by atoms with Crippen LogP contribution >= 0.6 is 11.8 Å². The highest BCUT2D eigenvalue weighted by atomic mass is 32.2. The van der Waals surface area contributed by atoms with Gasteiger partial charge in [0, 0.05) is 19.6 Å². The van der Waals surface area contributed by atoms with Gasteiger partial charge in [-0.25, -0.2) is 19.2 Å². The number of hydrogen-bond donors (Lipinski definition) is 3. The Morgan fingerprint density at radius 2 is 1.53 bits per heavy atom. The van der Waals surface area contributed by atoms with Gasteiger partial charge in [-0.3, -0.25) is 33.8 Å². The monoisotopic (exact) mass is 826 g/mol. The molecular formula is C37H42N6O14S. The van der Waals surface area contributed by atoms with Gasteiger partial charge < -0.3 is 44.5 Å². The molecule has 4 atom stereocenters. The van der Waals surface area contributed by atoms with E-state index < -0.39 is 81.6 Å². The molecule has 3 heterocycles. The van der Waals surface area contributed by atoms with Crippen LogP contribution in [0.4, 0.5) is 14.4 Å². The lowest BCUT2D eigenvalue weighted by atomic mass is 9.87. The number of fused-ring (bicyclic) bond motifs is 1. The van der Waals surface area contributed by atoms with Gasteiger partial charge in [-0.15, -0.1) is 11.8 Å². The molecule has 3 aliphatic rings. The smallest absolute Gasteiger partial charge is 0.458 e. The molecule has 3 saturated heterocycles. The van der Waals surface area contributed by atoms with Crippen molar-refractivity contribution in [2.45, 2.75) is 69.1 Å². The zero-order valence-corrected chi connectivity index (χ0v) is 33.0. The molecule has 0 spiro atoms. The first-order chi connectivity index (χ1) is 27.6. The number of carbonyl (C=O) groups excluding carboxylic acids is 9. The third-order valence-corrected chi connectivity index (χ3v) is 11.0. The molecule has 2 aromatic rings. The standard InChI is InChI=1S/C37H42N6O14S/c1-6-41-16-17-42(30(48)29(41)47)33(50)39-25(22-14-15-23(56-34(51)53-7-2)24(18-22)57-35(52)54-8-3)27(45)40-37(32(49)55-19-21-12-10-9-11-13-21)36(4,5)58-31-26(38-20-44)28(46)43(31)37/h9-15,18,20,25-26,31H,6-8,16-17,19H2,1-5H3,(H,38,44)(H,39,50)(H,40,45)/t25?,26-,31-,37+/m1/s1. The van der Waals surface area contributed by atoms with Gasteiger partial charge in [-0.1, -0.05) is 36.4 Å². The number of carbonyl (C=O) groups is 9. The average Bonchev–Trinajstić information content (AvgIpc) is 3.40. The molecule has 310 valence electrons. The van der Waals surface area contributed by atoms with Crippen LogP contribution in [0.1, 0.15) is 51.8 Å². The minimum atomic E-state index is -2.29. The average molecular weight is 827 g/mol. The summed E-state index contributed by atoms with van der Waals surface area (Å²) in [5, 5.41) is 6.66. The van der Waals surface area contributed by atoms with E-state index in [0.717, 1.165) is 28.8 Å². The zero-order valence-electron chi connectivity index (χ0n) is 32.1. The molecule has 2 aromatic carbocycles. The summed E-state index contributed by atoms with van der Waals surface area (Å²) >= 11 is 1.09. The van der Waals surface area contributed by atoms with Crippen molar-refractivity contribution in [3.05, 3.63) is 59.7 Å². The fraction of sp³-hybridized carbons (Fsp3) is 0.432. The molecule has 0 aromatic heterocycles. The molecule has 5 rings (SSSR count). The highest BCUT2D eigenvalue weighted by Gasteiger charge is 2.74. The maximum Gasteiger partial charge on any atom is 0.513 e. The Morgan fingerprint density at radius 1 is 0.879 bits per heavy atom. The van der Waals surface area contributed by atoms with Gasteiger partial charge in [0.1, 0.15) is 24.1 Å². The van der Waals surface area contributed by atoms with Gasteiger partial charge in [0.2, 0.25) is 18.0 Å². The van der Waals surface area contributed by atoms with E-state index in [4.69, 9.17) is 23.7 Å². The number of likely N-dealkylation sites (N-methyl/N-ethyl adjacent to an activating group) is 1. The Balaban J connectivity index is 1.59. The summed E-state index contributed by atoms with van der Waals surface area (Å²) in [6, 6.07) is 7.81. The molecule has 7 amide bonds. The topological polar surface area (TPSA) is 246 Å². The zero-order chi connectivity index (χ0) is 42.4. The molecule has 0 radical (unpaired) electrons. The molecule has 0 saturated carbocycles. The summed E-state index contributed by atoms with van der Waals surface area (Å²) < 4.78 is 24.5. The Labute approximate surface area is 336 Å². The lowest BCUT2D eigenvalue weighted by Gasteiger charge is -2.50. The van der Waals surface area contributed by atoms with Crippen LogP contribution in [0.3, 0.4) is 0 Å². The van der Waals surface area contributed by atoms with Crippen LogP contribution in [0.15, 0.2) is 48.5 Å². The second-order valence-corrected chi connectivity index (χ2v) is 15.0. The summed E-state index contributed by atoms with van der Waals surface area (Å²) in [5.74, 6) is -5.91. The number of piperazine rings is 1. The maximum absolute atomic E-state index is 14.8. The Morgan fingerprint density at radius 3 is 2.16 bits per heavy atom. The second kappa shape index (κ2) is 17.8. The molecule has 0 bridgehead atoms. The lowest BCUT2D eigenvalue weighted by Crippen LogP contribution is -2.80. The van der Waals surface area contributed by atoms with Gasteiger partial charge in [0.25, 0.3) is 5.91 Å². The quantitative estimate of drug-likeness (QED) is 0.0611. The number of esters is 1. The summed E-state index contributed by atoms with van der Waals surface area (Å²) in [4.78, 5) is 122. The minimum absolute atomic E-state index is 0.000983. The van der Waals surface area contributed by atoms with E-state index in [-0.39, 0.29) is 50.8 Å². The Kier molecular flexibility index (Phi) is 13.1. The highest BCUT2D eigenvalue weighted by molar-refractivity contribution is 8.01. The van der Waals surface area contributed by atoms with E-state index >= 15 is 0 Å². The van der Waals surface area contributed by atoms with Crippen molar-refractivity contribution >= 4 is 66.1 Å². The fourth-order valence-electron chi connectivity index (χ4n) is 6.54. The maximum atomic E-state index is 14.8. The molecule has 3 fully saturated rings. The number of nitrogens with zero attached hydrogens (tertiary/aromatic N) is 3. The number of rotatable bonds is 14. The van der Waals surface area contributed by atoms with Gasteiger partial charge >= 0.3 is 36.1 Å². The first-order valence-electron chi connectivity index (χ1n) is 18.1. The van der Waals surface area contributed by atoms with Crippen LogP contribution in [-0.4, -0.2) is 124 Å². The number of amides is 7. The number of urea groups is 1. The van der Waals surface area contributed by atoms with E-state index in [2.05, 4.69) is 16.0 Å². The van der Waals surface area contributed by atoms with E-state index in [9.17, 15) is 43.2 Å². The van der Waals surface area contributed by atoms with Gasteiger partial charge in [0.05, 0.1) is 18.0 Å². The van der Waals surface area contributed by atoms with E-state index in [1.54, 1.807) is 51.1 Å². The Bertz CT molecular complexity index is 1980. The molecule has 20 nitrogen and oxygen atoms in total. The summed E-state index contributed by atoms with van der Waals surface area (Å²) in [7, 11) is 0. The van der Waals surface area contributed by atoms with Crippen molar-refractivity contribution in [1.82, 2.24) is 30.7 Å².